The Balaban J connectivity index is 2.08. The molecule has 0 aliphatic heterocycles. The number of hydrogen-bond donors (Lipinski definition) is 0. The number of hydrogen-bond acceptors (Lipinski definition) is 5. The molecule has 0 fully saturated rings. The number of ether oxygens (including phenoxy) is 2. The van der Waals surface area contributed by atoms with Crippen LogP contribution in [-0.4, -0.2) is 19.1 Å². The van der Waals surface area contributed by atoms with E-state index in [4.69, 9.17) is 9.47 Å². The van der Waals surface area contributed by atoms with Crippen molar-refractivity contribution >= 4 is 27.1 Å². The molecule has 5 nitrogen and oxygen atoms in total. The van der Waals surface area contributed by atoms with Crippen LogP contribution in [-0.2, 0) is 0 Å². The molecule has 0 aliphatic rings. The predicted molar refractivity (Wildman–Crippen MR) is 87.0 cm³/mol. The number of benzene rings is 2. The highest BCUT2D eigenvalue weighted by Crippen LogP contribution is 2.38. The molecule has 2 aromatic carbocycles. The molecule has 0 atom stereocenters. The summed E-state index contributed by atoms with van der Waals surface area (Å²) < 4.78 is 11.6. The van der Waals surface area contributed by atoms with Crippen LogP contribution < -0.4 is 9.47 Å². The van der Waals surface area contributed by atoms with Crippen LogP contribution in [0, 0.1) is 10.1 Å². The van der Waals surface area contributed by atoms with Gasteiger partial charge in [0.15, 0.2) is 11.5 Å². The quantitative estimate of drug-likeness (QED) is 0.525. The van der Waals surface area contributed by atoms with Gasteiger partial charge in [0.2, 0.25) is 0 Å². The van der Waals surface area contributed by atoms with Gasteiger partial charge in [-0.2, -0.15) is 0 Å². The summed E-state index contributed by atoms with van der Waals surface area (Å²) in [5, 5.41) is 11.7. The lowest BCUT2D eigenvalue weighted by atomic mass is 10.1. The monoisotopic (exact) mass is 315 g/mol. The van der Waals surface area contributed by atoms with Crippen molar-refractivity contribution < 1.29 is 14.4 Å². The van der Waals surface area contributed by atoms with Crippen molar-refractivity contribution in [1.29, 1.82) is 0 Å². The summed E-state index contributed by atoms with van der Waals surface area (Å²) in [6.07, 6.45) is 0. The van der Waals surface area contributed by atoms with Crippen LogP contribution >= 0.6 is 11.3 Å². The number of nitro benzene ring substituents is 1. The zero-order valence-corrected chi connectivity index (χ0v) is 12.8. The number of thiophene rings is 1. The first-order chi connectivity index (χ1) is 10.6. The van der Waals surface area contributed by atoms with Crippen LogP contribution in [0.4, 0.5) is 5.69 Å². The largest absolute Gasteiger partial charge is 0.493 e. The fourth-order valence-corrected chi connectivity index (χ4v) is 3.32. The summed E-state index contributed by atoms with van der Waals surface area (Å²) in [5.74, 6) is 1.33. The minimum absolute atomic E-state index is 0.101. The summed E-state index contributed by atoms with van der Waals surface area (Å²) >= 11 is 1.58. The van der Waals surface area contributed by atoms with Crippen LogP contribution in [0.5, 0.6) is 11.5 Å². The summed E-state index contributed by atoms with van der Waals surface area (Å²) in [6.45, 7) is 0. The Bertz CT molecular complexity index is 856. The maximum absolute atomic E-state index is 10.9. The second-order valence-corrected chi connectivity index (χ2v) is 5.74. The molecule has 0 unspecified atom stereocenters. The normalized spacial score (nSPS) is 10.6. The summed E-state index contributed by atoms with van der Waals surface area (Å²) in [6, 6.07) is 12.5. The standard InChI is InChI=1S/C16H13NO4S/c1-20-13-5-3-10(8-14(13)21-2)16-9-11-7-12(17(18)19)4-6-15(11)22-16/h3-9H,1-2H3. The van der Waals surface area contributed by atoms with Crippen LogP contribution in [0.25, 0.3) is 20.5 Å². The van der Waals surface area contributed by atoms with Gasteiger partial charge in [-0.1, -0.05) is 0 Å². The average molecular weight is 315 g/mol. The molecule has 0 bridgehead atoms. The highest BCUT2D eigenvalue weighted by atomic mass is 32.1. The number of rotatable bonds is 4. The molecule has 0 radical (unpaired) electrons. The first-order valence-electron chi connectivity index (χ1n) is 6.53. The molecule has 1 aromatic heterocycles. The number of nitro groups is 1. The molecule has 0 spiro atoms. The Hall–Kier alpha value is -2.60. The molecule has 1 heterocycles. The van der Waals surface area contributed by atoms with Gasteiger partial charge < -0.3 is 9.47 Å². The van der Waals surface area contributed by atoms with E-state index in [0.717, 1.165) is 20.5 Å². The van der Waals surface area contributed by atoms with Gasteiger partial charge in [0.25, 0.3) is 5.69 Å². The predicted octanol–water partition coefficient (Wildman–Crippen LogP) is 4.49. The molecule has 112 valence electrons. The van der Waals surface area contributed by atoms with E-state index < -0.39 is 0 Å². The van der Waals surface area contributed by atoms with Crippen molar-refractivity contribution in [2.45, 2.75) is 0 Å². The van der Waals surface area contributed by atoms with Gasteiger partial charge in [-0.3, -0.25) is 10.1 Å². The minimum atomic E-state index is -0.382. The third-order valence-electron chi connectivity index (χ3n) is 3.38. The van der Waals surface area contributed by atoms with Gasteiger partial charge in [0.1, 0.15) is 0 Å². The SMILES string of the molecule is COc1ccc(-c2cc3cc([N+](=O)[O-])ccc3s2)cc1OC. The topological polar surface area (TPSA) is 61.6 Å². The van der Waals surface area contributed by atoms with E-state index in [0.29, 0.717) is 11.5 Å². The van der Waals surface area contributed by atoms with Gasteiger partial charge >= 0.3 is 0 Å². The van der Waals surface area contributed by atoms with E-state index in [1.54, 1.807) is 37.7 Å². The lowest BCUT2D eigenvalue weighted by molar-refractivity contribution is -0.384. The average Bonchev–Trinajstić information content (AvgIpc) is 2.97. The lowest BCUT2D eigenvalue weighted by Crippen LogP contribution is -1.90. The number of fused-ring (bicyclic) bond motifs is 1. The summed E-state index contributed by atoms with van der Waals surface area (Å²) in [7, 11) is 3.19. The van der Waals surface area contributed by atoms with Crippen molar-refractivity contribution in [3.63, 3.8) is 0 Å². The third kappa shape index (κ3) is 2.48. The molecular weight excluding hydrogens is 302 g/mol. The van der Waals surface area contributed by atoms with Crippen LogP contribution in [0.15, 0.2) is 42.5 Å². The Morgan fingerprint density at radius 2 is 1.77 bits per heavy atom. The smallest absolute Gasteiger partial charge is 0.270 e. The Morgan fingerprint density at radius 3 is 2.45 bits per heavy atom. The third-order valence-corrected chi connectivity index (χ3v) is 4.54. The molecule has 0 N–H and O–H groups in total. The highest BCUT2D eigenvalue weighted by Gasteiger charge is 2.12. The molecule has 0 saturated carbocycles. The zero-order valence-electron chi connectivity index (χ0n) is 12.0. The van der Waals surface area contributed by atoms with Gasteiger partial charge in [0, 0.05) is 21.7 Å². The minimum Gasteiger partial charge on any atom is -0.493 e. The van der Waals surface area contributed by atoms with Gasteiger partial charge in [-0.25, -0.2) is 0 Å². The highest BCUT2D eigenvalue weighted by molar-refractivity contribution is 7.22. The molecule has 3 aromatic rings. The molecule has 3 rings (SSSR count). The molecule has 0 amide bonds. The van der Waals surface area contributed by atoms with Crippen molar-refractivity contribution in [3.8, 4) is 21.9 Å². The van der Waals surface area contributed by atoms with Crippen LogP contribution in [0.2, 0.25) is 0 Å². The van der Waals surface area contributed by atoms with E-state index in [1.807, 2.05) is 24.3 Å². The molecule has 6 heteroatoms. The van der Waals surface area contributed by atoms with Crippen LogP contribution in [0.1, 0.15) is 0 Å². The first kappa shape index (κ1) is 14.3. The Morgan fingerprint density at radius 1 is 1.00 bits per heavy atom. The van der Waals surface area contributed by atoms with E-state index in [2.05, 4.69) is 0 Å². The maximum atomic E-state index is 10.9. The number of methoxy groups -OCH3 is 2. The Labute approximate surface area is 130 Å². The molecule has 0 saturated heterocycles. The van der Waals surface area contributed by atoms with Crippen LogP contribution in [0.3, 0.4) is 0 Å². The van der Waals surface area contributed by atoms with Gasteiger partial charge in [-0.05, 0) is 41.3 Å². The van der Waals surface area contributed by atoms with Crippen molar-refractivity contribution in [2.75, 3.05) is 14.2 Å². The second-order valence-electron chi connectivity index (χ2n) is 4.66. The summed E-state index contributed by atoms with van der Waals surface area (Å²) in [5.41, 5.74) is 1.09. The fraction of sp³-hybridized carbons (Fsp3) is 0.125. The van der Waals surface area contributed by atoms with Gasteiger partial charge in [-0.15, -0.1) is 11.3 Å². The summed E-state index contributed by atoms with van der Waals surface area (Å²) in [4.78, 5) is 11.5. The zero-order chi connectivity index (χ0) is 15.7. The fourth-order valence-electron chi connectivity index (χ4n) is 2.28. The Kier molecular flexibility index (Phi) is 3.68. The first-order valence-corrected chi connectivity index (χ1v) is 7.34. The number of non-ortho nitro benzene ring substituents is 1. The van der Waals surface area contributed by atoms with E-state index in [9.17, 15) is 10.1 Å². The van der Waals surface area contributed by atoms with Crippen molar-refractivity contribution in [2.24, 2.45) is 0 Å². The van der Waals surface area contributed by atoms with Gasteiger partial charge in [0.05, 0.1) is 19.1 Å². The van der Waals surface area contributed by atoms with E-state index >= 15 is 0 Å². The van der Waals surface area contributed by atoms with E-state index in [1.165, 1.54) is 6.07 Å². The molecule has 0 aliphatic carbocycles. The lowest BCUT2D eigenvalue weighted by Gasteiger charge is -2.08. The molecule has 22 heavy (non-hydrogen) atoms. The van der Waals surface area contributed by atoms with E-state index in [-0.39, 0.29) is 10.6 Å². The molecular formula is C16H13NO4S. The van der Waals surface area contributed by atoms with Crippen molar-refractivity contribution in [1.82, 2.24) is 0 Å². The number of nitrogens with zero attached hydrogens (tertiary/aromatic N) is 1. The van der Waals surface area contributed by atoms with Crippen molar-refractivity contribution in [3.05, 3.63) is 52.6 Å². The maximum Gasteiger partial charge on any atom is 0.270 e. The second kappa shape index (κ2) is 5.65.